The van der Waals surface area contributed by atoms with Gasteiger partial charge >= 0.3 is 0 Å². The molecule has 0 radical (unpaired) electrons. The second-order valence-electron chi connectivity index (χ2n) is 9.40. The summed E-state index contributed by atoms with van der Waals surface area (Å²) in [6.45, 7) is 12.7. The number of hydroxylamine groups is 2. The van der Waals surface area contributed by atoms with Gasteiger partial charge in [-0.15, -0.1) is 0 Å². The first-order chi connectivity index (χ1) is 12.0. The molecule has 2 heterocycles. The van der Waals surface area contributed by atoms with Gasteiger partial charge in [-0.1, -0.05) is 13.8 Å². The molecule has 0 bridgehead atoms. The average Bonchev–Trinajstić information content (AvgIpc) is 3.02. The van der Waals surface area contributed by atoms with Gasteiger partial charge in [0.1, 0.15) is 6.04 Å². The Bertz CT molecular complexity index is 497. The largest absolute Gasteiger partial charge is 0.351 e. The molecule has 0 aromatic heterocycles. The van der Waals surface area contributed by atoms with Crippen molar-refractivity contribution in [2.45, 2.75) is 96.6 Å². The topological polar surface area (TPSA) is 84.9 Å². The fraction of sp³-hybridized carbons (Fsp3) is 0.895. The zero-order chi connectivity index (χ0) is 19.7. The van der Waals surface area contributed by atoms with Crippen LogP contribution in [-0.2, 0) is 9.59 Å². The van der Waals surface area contributed by atoms with Crippen LogP contribution in [0.25, 0.3) is 0 Å². The van der Waals surface area contributed by atoms with Crippen molar-refractivity contribution in [2.75, 3.05) is 6.54 Å². The van der Waals surface area contributed by atoms with Gasteiger partial charge in [-0.25, -0.2) is 0 Å². The van der Waals surface area contributed by atoms with E-state index in [2.05, 4.69) is 10.6 Å². The Balaban J connectivity index is 2.13. The van der Waals surface area contributed by atoms with Gasteiger partial charge in [0, 0.05) is 17.1 Å². The summed E-state index contributed by atoms with van der Waals surface area (Å²) in [6.07, 6.45) is 3.94. The average molecular weight is 369 g/mol. The van der Waals surface area contributed by atoms with Crippen LogP contribution in [0.2, 0.25) is 0 Å². The summed E-state index contributed by atoms with van der Waals surface area (Å²) in [5, 5.41) is 18.3. The Morgan fingerprint density at radius 1 is 1.27 bits per heavy atom. The molecule has 2 aliphatic rings. The molecule has 2 saturated heterocycles. The van der Waals surface area contributed by atoms with Crippen LogP contribution < -0.4 is 10.6 Å². The van der Waals surface area contributed by atoms with Crippen LogP contribution in [0.1, 0.15) is 67.2 Å². The highest BCUT2D eigenvalue weighted by molar-refractivity contribution is 5.84. The van der Waals surface area contributed by atoms with Crippen molar-refractivity contribution in [3.8, 4) is 0 Å². The molecule has 0 saturated carbocycles. The highest BCUT2D eigenvalue weighted by Crippen LogP contribution is 2.36. The first kappa shape index (κ1) is 21.1. The van der Waals surface area contributed by atoms with Crippen LogP contribution in [0.4, 0.5) is 0 Å². The number of carbonyl (C=O) groups excluding carboxylic acids is 2. The monoisotopic (exact) mass is 368 g/mol. The molecule has 7 nitrogen and oxygen atoms in total. The van der Waals surface area contributed by atoms with E-state index in [4.69, 9.17) is 0 Å². The summed E-state index contributed by atoms with van der Waals surface area (Å²) < 4.78 is 0. The molecular formula is C19H36N4O3. The Morgan fingerprint density at radius 2 is 1.85 bits per heavy atom. The van der Waals surface area contributed by atoms with Crippen molar-refractivity contribution in [2.24, 2.45) is 5.92 Å². The Labute approximate surface area is 157 Å². The number of nitrogens with one attached hydrogen (secondary N) is 2. The molecule has 2 amide bonds. The molecule has 0 aromatic carbocycles. The number of nitrogens with zero attached hydrogens (tertiary/aromatic N) is 2. The highest BCUT2D eigenvalue weighted by atomic mass is 16.5. The Kier molecular flexibility index (Phi) is 6.36. The van der Waals surface area contributed by atoms with Crippen molar-refractivity contribution in [1.29, 1.82) is 0 Å². The predicted molar refractivity (Wildman–Crippen MR) is 101 cm³/mol. The van der Waals surface area contributed by atoms with Gasteiger partial charge in [-0.05, 0) is 65.8 Å². The lowest BCUT2D eigenvalue weighted by atomic mass is 9.79. The van der Waals surface area contributed by atoms with E-state index in [1.165, 1.54) is 5.06 Å². The molecule has 0 spiro atoms. The third kappa shape index (κ3) is 4.38. The van der Waals surface area contributed by atoms with E-state index in [0.29, 0.717) is 12.8 Å². The van der Waals surface area contributed by atoms with Crippen molar-refractivity contribution in [3.05, 3.63) is 0 Å². The van der Waals surface area contributed by atoms with Crippen LogP contribution in [-0.4, -0.2) is 63.4 Å². The van der Waals surface area contributed by atoms with E-state index in [0.717, 1.165) is 25.8 Å². The molecular weight excluding hydrogens is 332 g/mol. The van der Waals surface area contributed by atoms with Crippen LogP contribution in [0.5, 0.6) is 0 Å². The van der Waals surface area contributed by atoms with E-state index in [1.54, 1.807) is 4.90 Å². The lowest BCUT2D eigenvalue weighted by Crippen LogP contribution is -2.64. The van der Waals surface area contributed by atoms with Crippen molar-refractivity contribution in [3.63, 3.8) is 0 Å². The summed E-state index contributed by atoms with van der Waals surface area (Å²) in [4.78, 5) is 26.5. The van der Waals surface area contributed by atoms with Crippen LogP contribution in [0.3, 0.4) is 0 Å². The fourth-order valence-electron chi connectivity index (χ4n) is 4.69. The molecule has 26 heavy (non-hydrogen) atoms. The molecule has 2 rings (SSSR count). The van der Waals surface area contributed by atoms with E-state index < -0.39 is 17.1 Å². The van der Waals surface area contributed by atoms with Gasteiger partial charge in [-0.3, -0.25) is 14.9 Å². The molecule has 0 unspecified atom stereocenters. The second-order valence-corrected chi connectivity index (χ2v) is 9.40. The van der Waals surface area contributed by atoms with Crippen LogP contribution >= 0.6 is 0 Å². The third-order valence-corrected chi connectivity index (χ3v) is 5.72. The molecule has 2 fully saturated rings. The maximum atomic E-state index is 13.1. The fourth-order valence-corrected chi connectivity index (χ4v) is 4.69. The minimum absolute atomic E-state index is 0.0153. The minimum Gasteiger partial charge on any atom is -0.351 e. The predicted octanol–water partition coefficient (Wildman–Crippen LogP) is 1.71. The van der Waals surface area contributed by atoms with Crippen LogP contribution in [0, 0.1) is 5.92 Å². The summed E-state index contributed by atoms with van der Waals surface area (Å²) in [6, 6.07) is -0.538. The van der Waals surface area contributed by atoms with Crippen LogP contribution in [0.15, 0.2) is 0 Å². The Hall–Kier alpha value is -1.18. The van der Waals surface area contributed by atoms with E-state index in [1.807, 2.05) is 41.5 Å². The summed E-state index contributed by atoms with van der Waals surface area (Å²) >= 11 is 0. The number of hydrogen-bond acceptors (Lipinski definition) is 5. The maximum Gasteiger partial charge on any atom is 0.243 e. The Morgan fingerprint density at radius 3 is 2.27 bits per heavy atom. The first-order valence-corrected chi connectivity index (χ1v) is 9.75. The minimum atomic E-state index is -0.499. The van der Waals surface area contributed by atoms with Crippen molar-refractivity contribution >= 4 is 12.3 Å². The van der Waals surface area contributed by atoms with E-state index in [-0.39, 0.29) is 24.0 Å². The molecule has 150 valence electrons. The lowest BCUT2D eigenvalue weighted by Gasteiger charge is -2.51. The zero-order valence-electron chi connectivity index (χ0n) is 17.1. The molecule has 2 atom stereocenters. The standard InChI is InChI=1S/C19H36N4O3/c1-13(2)16(22(12-24)15-8-7-9-20-15)17(25)21-14-10-18(3,4)23(26)19(5,6)11-14/h12-16,20,26H,7-11H2,1-6H3,(H,21,25)/t15-,16+/m0/s1. The van der Waals surface area contributed by atoms with Crippen molar-refractivity contribution in [1.82, 2.24) is 20.6 Å². The first-order valence-electron chi connectivity index (χ1n) is 9.75. The quantitative estimate of drug-likeness (QED) is 0.622. The van der Waals surface area contributed by atoms with E-state index >= 15 is 0 Å². The normalized spacial score (nSPS) is 27.3. The van der Waals surface area contributed by atoms with Gasteiger partial charge in [0.15, 0.2) is 0 Å². The summed E-state index contributed by atoms with van der Waals surface area (Å²) in [5.74, 6) is -0.0923. The van der Waals surface area contributed by atoms with Gasteiger partial charge < -0.3 is 15.4 Å². The molecule has 3 N–H and O–H groups in total. The number of rotatable bonds is 6. The van der Waals surface area contributed by atoms with E-state index in [9.17, 15) is 14.8 Å². The molecule has 7 heteroatoms. The molecule has 2 aliphatic heterocycles. The van der Waals surface area contributed by atoms with Crippen molar-refractivity contribution < 1.29 is 14.8 Å². The number of hydrogen-bond donors (Lipinski definition) is 3. The van der Waals surface area contributed by atoms with Gasteiger partial charge in [0.25, 0.3) is 0 Å². The zero-order valence-corrected chi connectivity index (χ0v) is 17.1. The lowest BCUT2D eigenvalue weighted by molar-refractivity contribution is -0.246. The SMILES string of the molecule is CC(C)[C@H](C(=O)NC1CC(C)(C)N(O)C(C)(C)C1)N(C=O)[C@H]1CCCN1. The van der Waals surface area contributed by atoms with Gasteiger partial charge in [-0.2, -0.15) is 5.06 Å². The number of piperidine rings is 1. The maximum absolute atomic E-state index is 13.1. The van der Waals surface area contributed by atoms with Gasteiger partial charge in [0.2, 0.25) is 12.3 Å². The molecule has 0 aromatic rings. The number of amides is 2. The van der Waals surface area contributed by atoms with Gasteiger partial charge in [0.05, 0.1) is 6.17 Å². The second kappa shape index (κ2) is 7.82. The third-order valence-electron chi connectivity index (χ3n) is 5.72. The smallest absolute Gasteiger partial charge is 0.243 e. The molecule has 0 aliphatic carbocycles. The summed E-state index contributed by atoms with van der Waals surface area (Å²) in [7, 11) is 0. The summed E-state index contributed by atoms with van der Waals surface area (Å²) in [5.41, 5.74) is -0.852. The number of carbonyl (C=O) groups is 2. The highest BCUT2D eigenvalue weighted by Gasteiger charge is 2.46.